The molecule has 3 saturated carbocycles. The second kappa shape index (κ2) is 5.19. The molecule has 0 aromatic carbocycles. The molecule has 6 N–H and O–H groups in total. The summed E-state index contributed by atoms with van der Waals surface area (Å²) in [6.07, 6.45) is -3.35. The summed E-state index contributed by atoms with van der Waals surface area (Å²) in [5.41, 5.74) is -2.91. The van der Waals surface area contributed by atoms with Crippen molar-refractivity contribution in [2.24, 2.45) is 28.6 Å². The first-order chi connectivity index (χ1) is 11.9. The van der Waals surface area contributed by atoms with Crippen molar-refractivity contribution in [3.63, 3.8) is 0 Å². The van der Waals surface area contributed by atoms with Gasteiger partial charge in [-0.05, 0) is 25.7 Å². The van der Waals surface area contributed by atoms with E-state index >= 15 is 0 Å². The van der Waals surface area contributed by atoms with Crippen molar-refractivity contribution in [3.8, 4) is 0 Å². The van der Waals surface area contributed by atoms with E-state index in [-0.39, 0.29) is 5.92 Å². The summed E-state index contributed by atoms with van der Waals surface area (Å²) in [4.78, 5) is 0. The Balaban J connectivity index is 1.95. The summed E-state index contributed by atoms with van der Waals surface area (Å²) in [7, 11) is 0. The highest BCUT2D eigenvalue weighted by atomic mass is 16.4. The summed E-state index contributed by atoms with van der Waals surface area (Å²) in [6.45, 7) is 9.21. The van der Waals surface area contributed by atoms with Crippen LogP contribution in [0, 0.1) is 28.6 Å². The number of aliphatic hydroxyl groups is 6. The van der Waals surface area contributed by atoms with Gasteiger partial charge in [0.1, 0.15) is 11.7 Å². The fourth-order valence-corrected chi connectivity index (χ4v) is 6.75. The monoisotopic (exact) mass is 366 g/mol. The molecule has 0 aromatic heterocycles. The van der Waals surface area contributed by atoms with Gasteiger partial charge in [0, 0.05) is 17.3 Å². The quantitative estimate of drug-likeness (QED) is 0.328. The van der Waals surface area contributed by atoms with Crippen molar-refractivity contribution in [2.75, 3.05) is 0 Å². The maximum absolute atomic E-state index is 11.6. The van der Waals surface area contributed by atoms with Gasteiger partial charge in [-0.15, -0.1) is 0 Å². The summed E-state index contributed by atoms with van der Waals surface area (Å²) < 4.78 is 0. The molecule has 6 nitrogen and oxygen atoms in total. The van der Waals surface area contributed by atoms with Crippen LogP contribution < -0.4 is 0 Å². The lowest BCUT2D eigenvalue weighted by Crippen LogP contribution is -2.63. The Hall–Kier alpha value is -0.760. The van der Waals surface area contributed by atoms with Gasteiger partial charge in [0.2, 0.25) is 0 Å². The molecule has 0 amide bonds. The maximum atomic E-state index is 11.6. The Kier molecular flexibility index (Phi) is 3.71. The van der Waals surface area contributed by atoms with E-state index in [4.69, 9.17) is 0 Å². The molecule has 0 aliphatic heterocycles. The average molecular weight is 366 g/mol. The molecule has 2 bridgehead atoms. The molecular weight excluding hydrogens is 336 g/mol. The van der Waals surface area contributed by atoms with E-state index in [0.717, 1.165) is 5.57 Å². The summed E-state index contributed by atoms with van der Waals surface area (Å²) in [6, 6.07) is 0. The lowest BCUT2D eigenvalue weighted by Gasteiger charge is -2.49. The van der Waals surface area contributed by atoms with Crippen LogP contribution in [0.1, 0.15) is 33.6 Å². The van der Waals surface area contributed by atoms with Crippen molar-refractivity contribution in [1.82, 2.24) is 0 Å². The fraction of sp³-hybridized carbons (Fsp3) is 0.800. The second-order valence-electron chi connectivity index (χ2n) is 9.49. The molecule has 0 radical (unpaired) electrons. The normalized spacial score (nSPS) is 58.0. The minimum absolute atomic E-state index is 0.0861. The van der Waals surface area contributed by atoms with Gasteiger partial charge >= 0.3 is 0 Å². The zero-order valence-corrected chi connectivity index (χ0v) is 15.5. The van der Waals surface area contributed by atoms with E-state index in [9.17, 15) is 30.6 Å². The van der Waals surface area contributed by atoms with Gasteiger partial charge in [-0.3, -0.25) is 0 Å². The molecule has 4 aliphatic rings. The number of hydrogen-bond acceptors (Lipinski definition) is 6. The minimum atomic E-state index is -1.96. The first-order valence-electron chi connectivity index (χ1n) is 9.44. The largest absolute Gasteiger partial charge is 0.391 e. The lowest BCUT2D eigenvalue weighted by atomic mass is 9.59. The van der Waals surface area contributed by atoms with Gasteiger partial charge in [0.05, 0.1) is 29.8 Å². The molecule has 0 aromatic rings. The number of rotatable bonds is 0. The van der Waals surface area contributed by atoms with E-state index in [1.807, 2.05) is 13.0 Å². The Morgan fingerprint density at radius 3 is 2.19 bits per heavy atom. The van der Waals surface area contributed by atoms with Gasteiger partial charge in [-0.25, -0.2) is 0 Å². The molecule has 26 heavy (non-hydrogen) atoms. The average Bonchev–Trinajstić information content (AvgIpc) is 2.80. The molecule has 0 saturated heterocycles. The predicted octanol–water partition coefficient (Wildman–Crippen LogP) is -0.280. The Morgan fingerprint density at radius 1 is 0.962 bits per heavy atom. The van der Waals surface area contributed by atoms with Crippen LogP contribution in [0.3, 0.4) is 0 Å². The van der Waals surface area contributed by atoms with E-state index in [1.165, 1.54) is 0 Å². The summed E-state index contributed by atoms with van der Waals surface area (Å²) in [5.74, 6) is -1.47. The third-order valence-corrected chi connectivity index (χ3v) is 8.35. The molecule has 146 valence electrons. The van der Waals surface area contributed by atoms with Crippen LogP contribution >= 0.6 is 0 Å². The number of hydrogen-bond donors (Lipinski definition) is 6. The van der Waals surface area contributed by atoms with Crippen LogP contribution in [-0.2, 0) is 0 Å². The molecule has 4 aliphatic carbocycles. The van der Waals surface area contributed by atoms with Crippen molar-refractivity contribution in [2.45, 2.75) is 69.7 Å². The number of fused-ring (bicyclic) bond motifs is 2. The molecule has 0 unspecified atom stereocenters. The van der Waals surface area contributed by atoms with Crippen molar-refractivity contribution in [1.29, 1.82) is 0 Å². The first-order valence-corrected chi connectivity index (χ1v) is 9.44. The van der Waals surface area contributed by atoms with Crippen LogP contribution in [0.25, 0.3) is 0 Å². The highest BCUT2D eigenvalue weighted by molar-refractivity contribution is 5.40. The molecular formula is C20H30O6. The van der Waals surface area contributed by atoms with Gasteiger partial charge < -0.3 is 30.6 Å². The molecule has 1 spiro atoms. The van der Waals surface area contributed by atoms with E-state index in [2.05, 4.69) is 6.58 Å². The summed E-state index contributed by atoms with van der Waals surface area (Å²) >= 11 is 0. The Bertz CT molecular complexity index is 686. The molecule has 3 fully saturated rings. The zero-order chi connectivity index (χ0) is 19.4. The zero-order valence-electron chi connectivity index (χ0n) is 15.5. The van der Waals surface area contributed by atoms with Crippen molar-refractivity contribution >= 4 is 0 Å². The van der Waals surface area contributed by atoms with Crippen molar-refractivity contribution < 1.29 is 30.6 Å². The topological polar surface area (TPSA) is 121 Å². The molecule has 6 heteroatoms. The third-order valence-electron chi connectivity index (χ3n) is 8.35. The van der Waals surface area contributed by atoms with Crippen LogP contribution in [0.15, 0.2) is 23.8 Å². The smallest absolute Gasteiger partial charge is 0.111 e. The Morgan fingerprint density at radius 2 is 1.58 bits per heavy atom. The van der Waals surface area contributed by atoms with Crippen LogP contribution in [-0.4, -0.2) is 66.8 Å². The molecule has 4 rings (SSSR count). The van der Waals surface area contributed by atoms with Crippen LogP contribution in [0.5, 0.6) is 0 Å². The van der Waals surface area contributed by atoms with Gasteiger partial charge in [-0.1, -0.05) is 37.6 Å². The standard InChI is InChI=1S/C20H30O6/c1-8-7-19-11(6-5-10(8)14(19)22)9(2)12-13(21)15(23)18(3,4)20(12,26)17(25)16(19)24/h7,10-17,21-26H,2,5-6H2,1,3-4H3/t10-,11-,12+,13+,14+,15-,16+,17+,19+,20-/m0/s1. The van der Waals surface area contributed by atoms with Gasteiger partial charge in [-0.2, -0.15) is 0 Å². The fourth-order valence-electron chi connectivity index (χ4n) is 6.75. The Labute approximate surface area is 153 Å². The maximum Gasteiger partial charge on any atom is 0.111 e. The second-order valence-corrected chi connectivity index (χ2v) is 9.49. The van der Waals surface area contributed by atoms with E-state index in [1.54, 1.807) is 13.8 Å². The van der Waals surface area contributed by atoms with Gasteiger partial charge in [0.15, 0.2) is 0 Å². The highest BCUT2D eigenvalue weighted by Crippen LogP contribution is 2.66. The van der Waals surface area contributed by atoms with E-state index < -0.39 is 58.8 Å². The summed E-state index contributed by atoms with van der Waals surface area (Å²) in [5, 5.41) is 66.3. The molecule has 10 atom stereocenters. The molecule has 0 heterocycles. The van der Waals surface area contributed by atoms with Crippen LogP contribution in [0.2, 0.25) is 0 Å². The predicted molar refractivity (Wildman–Crippen MR) is 93.8 cm³/mol. The highest BCUT2D eigenvalue weighted by Gasteiger charge is 2.74. The lowest BCUT2D eigenvalue weighted by molar-refractivity contribution is -0.213. The third kappa shape index (κ3) is 1.70. The van der Waals surface area contributed by atoms with Gasteiger partial charge in [0.25, 0.3) is 0 Å². The van der Waals surface area contributed by atoms with Crippen molar-refractivity contribution in [3.05, 3.63) is 23.8 Å². The first kappa shape index (κ1) is 18.6. The van der Waals surface area contributed by atoms with E-state index in [0.29, 0.717) is 18.4 Å². The minimum Gasteiger partial charge on any atom is -0.391 e. The van der Waals surface area contributed by atoms with Crippen LogP contribution in [0.4, 0.5) is 0 Å². The SMILES string of the molecule is C=C1[C@@H]2[C@@H](O)[C@H](O)C(C)(C)[C@@]2(O)[C@H](O)[C@@H](O)[C@]23C=C(C)[C@H](CC[C@@H]12)[C@H]3O. The number of aliphatic hydroxyl groups excluding tert-OH is 5.